The van der Waals surface area contributed by atoms with Crippen molar-refractivity contribution in [1.82, 2.24) is 0 Å². The predicted octanol–water partition coefficient (Wildman–Crippen LogP) is 4.87. The molecule has 0 spiro atoms. The van der Waals surface area contributed by atoms with Gasteiger partial charge in [-0.2, -0.15) is 0 Å². The monoisotopic (exact) mass is 533 g/mol. The van der Waals surface area contributed by atoms with Crippen molar-refractivity contribution in [2.45, 2.75) is 98.6 Å². The van der Waals surface area contributed by atoms with Crippen LogP contribution in [0.1, 0.15) is 86.3 Å². The van der Waals surface area contributed by atoms with Crippen molar-refractivity contribution in [2.24, 2.45) is 17.3 Å². The van der Waals surface area contributed by atoms with Crippen molar-refractivity contribution in [2.75, 3.05) is 5.73 Å². The van der Waals surface area contributed by atoms with Crippen LogP contribution in [0.4, 0.5) is 5.69 Å². The van der Waals surface area contributed by atoms with E-state index in [4.69, 9.17) is 15.2 Å². The summed E-state index contributed by atoms with van der Waals surface area (Å²) in [5.41, 5.74) is 4.96. The Hall–Kier alpha value is -2.68. The molecule has 214 valence electrons. The first-order valence-corrected chi connectivity index (χ1v) is 13.1. The molecule has 0 saturated carbocycles. The smallest absolute Gasteiger partial charge is 0.309 e. The number of benzene rings is 1. The van der Waals surface area contributed by atoms with Gasteiger partial charge in [0, 0.05) is 11.8 Å². The van der Waals surface area contributed by atoms with E-state index in [1.54, 1.807) is 78.8 Å². The van der Waals surface area contributed by atoms with E-state index >= 15 is 0 Å². The van der Waals surface area contributed by atoms with Gasteiger partial charge in [-0.3, -0.25) is 9.59 Å². The maximum Gasteiger partial charge on any atom is 0.309 e. The van der Waals surface area contributed by atoms with Gasteiger partial charge in [-0.05, 0) is 51.3 Å². The third kappa shape index (κ3) is 9.89. The number of aliphatic hydroxyl groups excluding tert-OH is 2. The number of aliphatic hydroxyl groups is 3. The molecule has 8 nitrogen and oxygen atoms in total. The molecule has 5 N–H and O–H groups in total. The lowest BCUT2D eigenvalue weighted by Gasteiger charge is -2.34. The number of ether oxygens (including phenoxy) is 2. The normalized spacial score (nSPS) is 16.4. The molecule has 0 aromatic heterocycles. The molecule has 0 bridgehead atoms. The molecule has 0 unspecified atom stereocenters. The van der Waals surface area contributed by atoms with E-state index in [0.29, 0.717) is 35.6 Å². The first kappa shape index (κ1) is 33.3. The molecule has 1 rings (SSSR count). The summed E-state index contributed by atoms with van der Waals surface area (Å²) in [6.45, 7) is 17.1. The maximum absolute atomic E-state index is 13.2. The van der Waals surface area contributed by atoms with Crippen LogP contribution >= 0.6 is 0 Å². The molecule has 0 radical (unpaired) electrons. The quantitative estimate of drug-likeness (QED) is 0.108. The van der Waals surface area contributed by atoms with E-state index in [9.17, 15) is 24.9 Å². The minimum atomic E-state index is -1.31. The van der Waals surface area contributed by atoms with Gasteiger partial charge in [-0.1, -0.05) is 59.4 Å². The number of allylic oxidation sites excluding steroid dienone is 1. The molecule has 0 amide bonds. The second kappa shape index (κ2) is 13.9. The van der Waals surface area contributed by atoms with Gasteiger partial charge in [0.1, 0.15) is 17.6 Å². The molecular formula is C30H47NO7. The van der Waals surface area contributed by atoms with Crippen molar-refractivity contribution < 1.29 is 34.4 Å². The summed E-state index contributed by atoms with van der Waals surface area (Å²) in [6, 6.07) is 5.10. The highest BCUT2D eigenvalue weighted by atomic mass is 16.5. The fourth-order valence-corrected chi connectivity index (χ4v) is 4.10. The highest BCUT2D eigenvalue weighted by molar-refractivity contribution is 5.88. The molecule has 0 aliphatic carbocycles. The van der Waals surface area contributed by atoms with Gasteiger partial charge < -0.3 is 30.5 Å². The van der Waals surface area contributed by atoms with E-state index < -0.39 is 41.2 Å². The summed E-state index contributed by atoms with van der Waals surface area (Å²) >= 11 is 0. The number of esters is 1. The number of anilines is 1. The molecule has 0 heterocycles. The summed E-state index contributed by atoms with van der Waals surface area (Å²) in [7, 11) is 0. The standard InChI is InChI=1S/C30H47NO7/c1-10-23(21-13-14-24(22(31)16-21)37-18(2)3)38-26(33)17-25(32)30(8,9)28(35)20(5)27(34)19(4)12-11-15-29(6,7)36/h11-14,16,19-20,23,25,27,32,34,36H,2,10,15,17,31H2,1,3-9H3/b12-11+/t19-,20+,23-,25-,27-/m0/s1. The van der Waals surface area contributed by atoms with Gasteiger partial charge in [-0.25, -0.2) is 0 Å². The first-order valence-electron chi connectivity index (χ1n) is 13.1. The summed E-state index contributed by atoms with van der Waals surface area (Å²) in [5, 5.41) is 31.4. The number of Topliss-reactive ketones (excluding diaryl/α,β-unsaturated/α-hetero) is 1. The fraction of sp³-hybridized carbons (Fsp3) is 0.600. The first-order chi connectivity index (χ1) is 17.4. The lowest BCUT2D eigenvalue weighted by Crippen LogP contribution is -2.45. The lowest BCUT2D eigenvalue weighted by atomic mass is 9.73. The van der Waals surface area contributed by atoms with Gasteiger partial charge in [0.25, 0.3) is 0 Å². The molecule has 0 aliphatic heterocycles. The third-order valence-electron chi connectivity index (χ3n) is 6.68. The van der Waals surface area contributed by atoms with E-state index in [-0.39, 0.29) is 18.1 Å². The van der Waals surface area contributed by atoms with E-state index in [1.807, 2.05) is 6.92 Å². The van der Waals surface area contributed by atoms with E-state index in [2.05, 4.69) is 6.58 Å². The highest BCUT2D eigenvalue weighted by Crippen LogP contribution is 2.33. The van der Waals surface area contributed by atoms with Crippen LogP contribution in [0.5, 0.6) is 5.75 Å². The Bertz CT molecular complexity index is 993. The number of hydrogen-bond acceptors (Lipinski definition) is 8. The van der Waals surface area contributed by atoms with E-state index in [0.717, 1.165) is 0 Å². The molecule has 1 aromatic carbocycles. The van der Waals surface area contributed by atoms with Crippen LogP contribution in [-0.4, -0.2) is 44.9 Å². The van der Waals surface area contributed by atoms with Gasteiger partial charge in [0.15, 0.2) is 0 Å². The lowest BCUT2D eigenvalue weighted by molar-refractivity contribution is -0.156. The largest absolute Gasteiger partial charge is 0.460 e. The minimum absolute atomic E-state index is 0.348. The number of rotatable bonds is 15. The summed E-state index contributed by atoms with van der Waals surface area (Å²) in [4.78, 5) is 26.0. The van der Waals surface area contributed by atoms with Gasteiger partial charge in [0.2, 0.25) is 0 Å². The molecule has 0 saturated heterocycles. The summed E-state index contributed by atoms with van der Waals surface area (Å²) in [6.07, 6.45) is 1.15. The van der Waals surface area contributed by atoms with Crippen LogP contribution in [0.2, 0.25) is 0 Å². The van der Waals surface area contributed by atoms with E-state index in [1.165, 1.54) is 0 Å². The van der Waals surface area contributed by atoms with Crippen LogP contribution in [-0.2, 0) is 14.3 Å². The molecular weight excluding hydrogens is 486 g/mol. The Morgan fingerprint density at radius 3 is 2.26 bits per heavy atom. The molecule has 0 aliphatic rings. The zero-order valence-corrected chi connectivity index (χ0v) is 24.2. The van der Waals surface area contributed by atoms with Crippen molar-refractivity contribution >= 4 is 17.4 Å². The fourth-order valence-electron chi connectivity index (χ4n) is 4.10. The Labute approximate surface area is 227 Å². The number of hydrogen-bond donors (Lipinski definition) is 4. The Kier molecular flexibility index (Phi) is 12.2. The summed E-state index contributed by atoms with van der Waals surface area (Å²) in [5.74, 6) is -1.20. The Morgan fingerprint density at radius 2 is 1.76 bits per heavy atom. The molecule has 0 fully saturated rings. The predicted molar refractivity (Wildman–Crippen MR) is 149 cm³/mol. The number of nitrogen functional groups attached to an aromatic ring is 1. The van der Waals surface area contributed by atoms with Crippen molar-refractivity contribution in [3.05, 3.63) is 48.3 Å². The van der Waals surface area contributed by atoms with Crippen LogP contribution in [0, 0.1) is 17.3 Å². The third-order valence-corrected chi connectivity index (χ3v) is 6.68. The Morgan fingerprint density at radius 1 is 1.16 bits per heavy atom. The van der Waals surface area contributed by atoms with Gasteiger partial charge in [-0.15, -0.1) is 0 Å². The number of ketones is 1. The molecule has 5 atom stereocenters. The van der Waals surface area contributed by atoms with Crippen LogP contribution in [0.3, 0.4) is 0 Å². The zero-order valence-electron chi connectivity index (χ0n) is 24.2. The second-order valence-corrected chi connectivity index (χ2v) is 11.4. The van der Waals surface area contributed by atoms with Crippen molar-refractivity contribution in [3.8, 4) is 5.75 Å². The van der Waals surface area contributed by atoms with Crippen LogP contribution in [0.15, 0.2) is 42.7 Å². The average Bonchev–Trinajstić information content (AvgIpc) is 2.81. The SMILES string of the molecule is C=C(C)Oc1ccc([C@H](CC)OC(=O)C[C@H](O)C(C)(C)C(=O)[C@H](C)[C@@H](O)[C@@H](C)/C=C/CC(C)(C)O)cc1N. The van der Waals surface area contributed by atoms with Gasteiger partial charge in [0.05, 0.1) is 41.1 Å². The average molecular weight is 534 g/mol. The zero-order chi connectivity index (χ0) is 29.4. The number of carbonyl (C=O) groups excluding carboxylic acids is 2. The maximum atomic E-state index is 13.2. The molecule has 38 heavy (non-hydrogen) atoms. The number of carbonyl (C=O) groups is 2. The minimum Gasteiger partial charge on any atom is -0.460 e. The molecule has 1 aromatic rings. The van der Waals surface area contributed by atoms with Crippen LogP contribution in [0.25, 0.3) is 0 Å². The summed E-state index contributed by atoms with van der Waals surface area (Å²) < 4.78 is 11.1. The molecule has 8 heteroatoms. The second-order valence-electron chi connectivity index (χ2n) is 11.4. The highest BCUT2D eigenvalue weighted by Gasteiger charge is 2.42. The number of nitrogens with two attached hydrogens (primary N) is 1. The van der Waals surface area contributed by atoms with Gasteiger partial charge >= 0.3 is 5.97 Å². The topological polar surface area (TPSA) is 139 Å². The van der Waals surface area contributed by atoms with Crippen molar-refractivity contribution in [1.29, 1.82) is 0 Å². The van der Waals surface area contributed by atoms with Crippen molar-refractivity contribution in [3.63, 3.8) is 0 Å². The van der Waals surface area contributed by atoms with Crippen LogP contribution < -0.4 is 10.5 Å². The Balaban J connectivity index is 2.85.